The van der Waals surface area contributed by atoms with Crippen LogP contribution < -0.4 is 0 Å². The third-order valence-corrected chi connectivity index (χ3v) is 3.54. The third-order valence-electron chi connectivity index (χ3n) is 3.54. The molecule has 0 aromatic heterocycles. The van der Waals surface area contributed by atoms with Crippen molar-refractivity contribution in [2.75, 3.05) is 0 Å². The lowest BCUT2D eigenvalue weighted by atomic mass is 10.0. The van der Waals surface area contributed by atoms with E-state index in [1.54, 1.807) is 0 Å². The van der Waals surface area contributed by atoms with Crippen LogP contribution in [0.5, 0.6) is 0 Å². The quantitative estimate of drug-likeness (QED) is 0.489. The Balaban J connectivity index is 3.09. The average Bonchev–Trinajstić information content (AvgIpc) is 2.35. The Morgan fingerprint density at radius 1 is 0.789 bits per heavy atom. The van der Waals surface area contributed by atoms with E-state index >= 15 is 0 Å². The van der Waals surface area contributed by atoms with Crippen molar-refractivity contribution in [1.29, 1.82) is 0 Å². The summed E-state index contributed by atoms with van der Waals surface area (Å²) in [4.78, 5) is 10.4. The molecule has 0 aliphatic heterocycles. The highest BCUT2D eigenvalue weighted by Gasteiger charge is 2.11. The maximum absolute atomic E-state index is 10.4. The zero-order valence-electron chi connectivity index (χ0n) is 12.7. The molecule has 0 aromatic rings. The van der Waals surface area contributed by atoms with E-state index in [-0.39, 0.29) is 0 Å². The highest BCUT2D eigenvalue weighted by molar-refractivity contribution is 5.71. The Labute approximate surface area is 118 Å². The number of aliphatic carboxylic acids is 1. The highest BCUT2D eigenvalue weighted by Crippen LogP contribution is 2.13. The number of aliphatic hydroxyl groups excluding tert-OH is 1. The van der Waals surface area contributed by atoms with Crippen molar-refractivity contribution in [3.05, 3.63) is 0 Å². The molecule has 0 unspecified atom stereocenters. The predicted molar refractivity (Wildman–Crippen MR) is 79.3 cm³/mol. The fourth-order valence-electron chi connectivity index (χ4n) is 2.25. The van der Waals surface area contributed by atoms with Crippen LogP contribution in [0.2, 0.25) is 0 Å². The number of unbranched alkanes of at least 4 members (excludes halogenated alkanes) is 8. The van der Waals surface area contributed by atoms with Crippen LogP contribution in [-0.2, 0) is 4.79 Å². The molecular weight excluding hydrogens is 240 g/mol. The van der Waals surface area contributed by atoms with Crippen molar-refractivity contribution in [2.45, 2.75) is 90.6 Å². The Hall–Kier alpha value is -0.570. The van der Waals surface area contributed by atoms with Gasteiger partial charge in [0, 0.05) is 0 Å². The van der Waals surface area contributed by atoms with Crippen molar-refractivity contribution in [3.63, 3.8) is 0 Å². The smallest absolute Gasteiger partial charge is 0.332 e. The van der Waals surface area contributed by atoms with Gasteiger partial charge in [-0.05, 0) is 12.3 Å². The van der Waals surface area contributed by atoms with Crippen molar-refractivity contribution in [1.82, 2.24) is 0 Å². The molecule has 3 heteroatoms. The standard InChI is InChI=1S/C16H32O3/c1-14(2)12-10-8-6-4-3-5-7-9-11-13-15(17)16(18)19/h14-15,17H,3-13H2,1-2H3,(H,18,19)/t15-/m1/s1. The number of rotatable bonds is 13. The second-order valence-electron chi connectivity index (χ2n) is 6.01. The number of hydrogen-bond acceptors (Lipinski definition) is 2. The Morgan fingerprint density at radius 3 is 1.53 bits per heavy atom. The molecule has 0 aliphatic carbocycles. The van der Waals surface area contributed by atoms with Gasteiger partial charge in [0.15, 0.2) is 6.10 Å². The van der Waals surface area contributed by atoms with E-state index in [1.807, 2.05) is 0 Å². The summed E-state index contributed by atoms with van der Waals surface area (Å²) in [6.07, 6.45) is 11.6. The minimum atomic E-state index is -1.17. The Bertz CT molecular complexity index is 214. The van der Waals surface area contributed by atoms with Gasteiger partial charge in [0.25, 0.3) is 0 Å². The average molecular weight is 272 g/mol. The van der Waals surface area contributed by atoms with Crippen LogP contribution in [0, 0.1) is 5.92 Å². The number of carboxylic acid groups (broad SMARTS) is 1. The summed E-state index contributed by atoms with van der Waals surface area (Å²) >= 11 is 0. The summed E-state index contributed by atoms with van der Waals surface area (Å²) in [5.41, 5.74) is 0. The number of hydrogen-bond donors (Lipinski definition) is 2. The van der Waals surface area contributed by atoms with Crippen LogP contribution in [0.1, 0.15) is 84.5 Å². The first-order valence-electron chi connectivity index (χ1n) is 7.95. The van der Waals surface area contributed by atoms with E-state index < -0.39 is 12.1 Å². The summed E-state index contributed by atoms with van der Waals surface area (Å²) in [6.45, 7) is 4.56. The minimum Gasteiger partial charge on any atom is -0.479 e. The Kier molecular flexibility index (Phi) is 12.1. The fourth-order valence-corrected chi connectivity index (χ4v) is 2.25. The van der Waals surface area contributed by atoms with Crippen LogP contribution >= 0.6 is 0 Å². The van der Waals surface area contributed by atoms with Gasteiger partial charge in [-0.1, -0.05) is 78.1 Å². The molecule has 0 amide bonds. The van der Waals surface area contributed by atoms with Gasteiger partial charge in [0.2, 0.25) is 0 Å². The molecule has 0 aromatic carbocycles. The second kappa shape index (κ2) is 12.5. The molecule has 1 atom stereocenters. The summed E-state index contributed by atoms with van der Waals surface area (Å²) in [7, 11) is 0. The lowest BCUT2D eigenvalue weighted by Crippen LogP contribution is -2.18. The van der Waals surface area contributed by atoms with Gasteiger partial charge in [-0.2, -0.15) is 0 Å². The van der Waals surface area contributed by atoms with Crippen LogP contribution in [0.3, 0.4) is 0 Å². The molecule has 0 fully saturated rings. The van der Waals surface area contributed by atoms with Crippen molar-refractivity contribution < 1.29 is 15.0 Å². The molecule has 2 N–H and O–H groups in total. The monoisotopic (exact) mass is 272 g/mol. The number of carbonyl (C=O) groups is 1. The van der Waals surface area contributed by atoms with Crippen LogP contribution in [0.15, 0.2) is 0 Å². The van der Waals surface area contributed by atoms with E-state index in [4.69, 9.17) is 10.2 Å². The number of aliphatic hydroxyl groups is 1. The first kappa shape index (κ1) is 18.4. The lowest BCUT2D eigenvalue weighted by molar-refractivity contribution is -0.146. The zero-order valence-corrected chi connectivity index (χ0v) is 12.7. The minimum absolute atomic E-state index is 0.393. The predicted octanol–water partition coefficient (Wildman–Crippen LogP) is 4.38. The molecule has 0 bridgehead atoms. The third kappa shape index (κ3) is 13.7. The van der Waals surface area contributed by atoms with Crippen LogP contribution in [-0.4, -0.2) is 22.3 Å². The highest BCUT2D eigenvalue weighted by atomic mass is 16.4. The number of carboxylic acids is 1. The summed E-state index contributed by atoms with van der Waals surface area (Å²) in [6, 6.07) is 0. The summed E-state index contributed by atoms with van der Waals surface area (Å²) < 4.78 is 0. The van der Waals surface area contributed by atoms with Gasteiger partial charge in [0.05, 0.1) is 0 Å². The molecule has 0 saturated heterocycles. The van der Waals surface area contributed by atoms with E-state index in [1.165, 1.54) is 51.4 Å². The first-order valence-corrected chi connectivity index (χ1v) is 7.95. The largest absolute Gasteiger partial charge is 0.479 e. The molecule has 0 aliphatic rings. The van der Waals surface area contributed by atoms with E-state index in [0.717, 1.165) is 18.8 Å². The molecule has 0 saturated carbocycles. The van der Waals surface area contributed by atoms with Gasteiger partial charge in [-0.25, -0.2) is 4.79 Å². The van der Waals surface area contributed by atoms with E-state index in [0.29, 0.717) is 6.42 Å². The molecule has 0 rings (SSSR count). The lowest BCUT2D eigenvalue weighted by Gasteiger charge is -2.05. The van der Waals surface area contributed by atoms with Gasteiger partial charge < -0.3 is 10.2 Å². The van der Waals surface area contributed by atoms with Crippen molar-refractivity contribution in [3.8, 4) is 0 Å². The molecular formula is C16H32O3. The maximum Gasteiger partial charge on any atom is 0.332 e. The van der Waals surface area contributed by atoms with Crippen molar-refractivity contribution >= 4 is 5.97 Å². The van der Waals surface area contributed by atoms with E-state index in [2.05, 4.69) is 13.8 Å². The van der Waals surface area contributed by atoms with Gasteiger partial charge in [-0.3, -0.25) is 0 Å². The molecule has 114 valence electrons. The topological polar surface area (TPSA) is 57.5 Å². The second-order valence-corrected chi connectivity index (χ2v) is 6.01. The zero-order chi connectivity index (χ0) is 14.5. The Morgan fingerprint density at radius 2 is 1.16 bits per heavy atom. The summed E-state index contributed by atoms with van der Waals surface area (Å²) in [5.74, 6) is -0.262. The van der Waals surface area contributed by atoms with E-state index in [9.17, 15) is 4.79 Å². The summed E-state index contributed by atoms with van der Waals surface area (Å²) in [5, 5.41) is 17.6. The van der Waals surface area contributed by atoms with Gasteiger partial charge >= 0.3 is 5.97 Å². The van der Waals surface area contributed by atoms with Crippen molar-refractivity contribution in [2.24, 2.45) is 5.92 Å². The first-order chi connectivity index (χ1) is 9.04. The maximum atomic E-state index is 10.4. The van der Waals surface area contributed by atoms with Crippen LogP contribution in [0.25, 0.3) is 0 Å². The molecule has 0 spiro atoms. The fraction of sp³-hybridized carbons (Fsp3) is 0.938. The normalized spacial score (nSPS) is 12.8. The molecule has 3 nitrogen and oxygen atoms in total. The van der Waals surface area contributed by atoms with Crippen LogP contribution in [0.4, 0.5) is 0 Å². The van der Waals surface area contributed by atoms with Gasteiger partial charge in [0.1, 0.15) is 0 Å². The SMILES string of the molecule is CC(C)CCCCCCCCCCC[C@@H](O)C(=O)O. The molecule has 19 heavy (non-hydrogen) atoms. The molecule has 0 radical (unpaired) electrons. The van der Waals surface area contributed by atoms with Gasteiger partial charge in [-0.15, -0.1) is 0 Å². The molecule has 0 heterocycles.